The third-order valence-corrected chi connectivity index (χ3v) is 14.3. The number of unbranched alkanes of at least 4 members (excludes halogenated alkanes) is 11. The molecule has 2 heterocycles. The molecular weight excluding hydrogens is 939 g/mol. The minimum absolute atomic E-state index is 0.00292. The summed E-state index contributed by atoms with van der Waals surface area (Å²) in [5.74, 6) is -1.35. The molecule has 4 unspecified atom stereocenters. The molecule has 0 bridgehead atoms. The van der Waals surface area contributed by atoms with Crippen molar-refractivity contribution in [2.75, 3.05) is 33.3 Å². The molecule has 69 heavy (non-hydrogen) atoms. The molecular formula is C56H78BrN3O9. The maximum atomic E-state index is 13.7. The predicted octanol–water partition coefficient (Wildman–Crippen LogP) is 12.6. The number of hydrogen-bond donors (Lipinski definition) is 0. The summed E-state index contributed by atoms with van der Waals surface area (Å²) < 4.78 is 24.6. The van der Waals surface area contributed by atoms with Crippen LogP contribution in [-0.2, 0) is 46.4 Å². The Morgan fingerprint density at radius 2 is 1.45 bits per heavy atom. The molecule has 2 aliphatic rings. The lowest BCUT2D eigenvalue weighted by Gasteiger charge is -2.40. The third-order valence-electron chi connectivity index (χ3n) is 13.4. The summed E-state index contributed by atoms with van der Waals surface area (Å²) >= 11 is 3.74. The molecule has 1 aliphatic heterocycles. The number of carbonyl (C=O) groups is 5. The molecule has 4 atom stereocenters. The van der Waals surface area contributed by atoms with Crippen LogP contribution in [0.25, 0.3) is 16.5 Å². The third kappa shape index (κ3) is 16.4. The first-order valence-corrected chi connectivity index (χ1v) is 26.7. The lowest BCUT2D eigenvalue weighted by atomic mass is 9.79. The van der Waals surface area contributed by atoms with E-state index < -0.39 is 24.1 Å². The van der Waals surface area contributed by atoms with Crippen LogP contribution in [-0.4, -0.2) is 89.7 Å². The predicted molar refractivity (Wildman–Crippen MR) is 276 cm³/mol. The van der Waals surface area contributed by atoms with Crippen LogP contribution < -0.4 is 4.74 Å². The van der Waals surface area contributed by atoms with E-state index in [2.05, 4.69) is 59.1 Å². The van der Waals surface area contributed by atoms with E-state index in [1.807, 2.05) is 37.8 Å². The highest BCUT2D eigenvalue weighted by molar-refractivity contribution is 9.10. The largest absolute Gasteiger partial charge is 0.462 e. The average Bonchev–Trinajstić information content (AvgIpc) is 3.62. The molecule has 0 fully saturated rings. The standard InChI is InChI=1S/C56H78BrN3O9/c1-7-11-12-13-14-15-16-17-18-19-20-21-22-23-24-28-50(61)66-39-43(8-2)68-51(62)33-40(5)34-52(63)69-44-31-29-41(30-32-44)38-67-56(65)60-48-27-25-26-45-46-35-42(55(64)59(9-3)10-4)37-58(6)49(46)36-47(53(45)48)54(60)57/h17-18,25-27,29-32,35,40,42-43,49H,7-16,19-24,28,33-34,36-39H2,1-6H3/b18-17-. The van der Waals surface area contributed by atoms with Crippen LogP contribution in [0.15, 0.2) is 65.3 Å². The van der Waals surface area contributed by atoms with Crippen molar-refractivity contribution in [3.05, 3.63) is 82.0 Å². The number of fused-ring (bicyclic) bond motifs is 2. The van der Waals surface area contributed by atoms with E-state index in [4.69, 9.17) is 18.9 Å². The Labute approximate surface area is 419 Å². The number of ether oxygens (including phenoxy) is 4. The summed E-state index contributed by atoms with van der Waals surface area (Å²) in [6.07, 6.45) is 22.8. The van der Waals surface area contributed by atoms with Gasteiger partial charge in [-0.3, -0.25) is 24.1 Å². The zero-order valence-electron chi connectivity index (χ0n) is 42.2. The van der Waals surface area contributed by atoms with Gasteiger partial charge >= 0.3 is 24.0 Å². The number of rotatable bonds is 29. The van der Waals surface area contributed by atoms with E-state index in [1.54, 1.807) is 35.8 Å². The zero-order chi connectivity index (χ0) is 49.7. The van der Waals surface area contributed by atoms with E-state index in [-0.39, 0.29) is 55.8 Å². The molecule has 0 saturated heterocycles. The average molecular weight is 1020 g/mol. The molecule has 5 rings (SSSR count). The molecule has 0 spiro atoms. The number of nitrogens with zero attached hydrogens (tertiary/aromatic N) is 3. The van der Waals surface area contributed by atoms with E-state index in [9.17, 15) is 24.0 Å². The van der Waals surface area contributed by atoms with Gasteiger partial charge in [-0.05, 0) is 128 Å². The highest BCUT2D eigenvalue weighted by atomic mass is 79.9. The highest BCUT2D eigenvalue weighted by Gasteiger charge is 2.39. The van der Waals surface area contributed by atoms with E-state index in [0.717, 1.165) is 59.7 Å². The van der Waals surface area contributed by atoms with Gasteiger partial charge in [0, 0.05) is 50.3 Å². The van der Waals surface area contributed by atoms with Gasteiger partial charge in [-0.25, -0.2) is 9.36 Å². The van der Waals surface area contributed by atoms with Gasteiger partial charge in [-0.15, -0.1) is 0 Å². The smallest absolute Gasteiger partial charge is 0.419 e. The Morgan fingerprint density at radius 1 is 0.797 bits per heavy atom. The summed E-state index contributed by atoms with van der Waals surface area (Å²) in [4.78, 5) is 69.2. The maximum Gasteiger partial charge on any atom is 0.419 e. The van der Waals surface area contributed by atoms with Gasteiger partial charge in [-0.1, -0.05) is 115 Å². The fraction of sp³-hybridized carbons (Fsp3) is 0.589. The molecule has 1 aromatic heterocycles. The number of benzene rings is 2. The second-order valence-electron chi connectivity index (χ2n) is 18.9. The maximum absolute atomic E-state index is 13.7. The Kier molecular flexibility index (Phi) is 23.0. The minimum Gasteiger partial charge on any atom is -0.462 e. The Bertz CT molecular complexity index is 2210. The lowest BCUT2D eigenvalue weighted by molar-refractivity contribution is -0.160. The number of esters is 3. The second-order valence-corrected chi connectivity index (χ2v) is 19.7. The number of amides is 1. The van der Waals surface area contributed by atoms with Crippen molar-refractivity contribution in [2.24, 2.45) is 11.8 Å². The van der Waals surface area contributed by atoms with Crippen molar-refractivity contribution >= 4 is 62.3 Å². The first-order chi connectivity index (χ1) is 33.4. The van der Waals surface area contributed by atoms with Crippen LogP contribution in [0, 0.1) is 11.8 Å². The lowest BCUT2D eigenvalue weighted by Crippen LogP contribution is -2.47. The minimum atomic E-state index is -0.549. The molecule has 1 aliphatic carbocycles. The molecule has 0 radical (unpaired) electrons. The number of halogens is 1. The molecule has 0 saturated carbocycles. The number of carbonyl (C=O) groups excluding carboxylic acids is 5. The number of allylic oxidation sites excluding steroid dienone is 2. The highest BCUT2D eigenvalue weighted by Crippen LogP contribution is 2.45. The summed E-state index contributed by atoms with van der Waals surface area (Å²) in [7, 11) is 2.06. The molecule has 13 heteroatoms. The van der Waals surface area contributed by atoms with Gasteiger partial charge in [0.1, 0.15) is 25.1 Å². The van der Waals surface area contributed by atoms with Crippen LogP contribution in [0.1, 0.15) is 160 Å². The fourth-order valence-corrected chi connectivity index (χ4v) is 10.1. The SMILES string of the molecule is CCCCCCCC/C=C\CCCCCCCC(=O)OCC(CC)OC(=O)CC(C)CC(=O)Oc1ccc(COC(=O)n2c(Br)c3c4c(cccc42)C2=CC(C(=O)N(CC)CC)CN(C)C2C3)cc1. The molecule has 3 aromatic rings. The van der Waals surface area contributed by atoms with Crippen molar-refractivity contribution in [2.45, 2.75) is 169 Å². The Balaban J connectivity index is 0.988. The number of hydrogen-bond acceptors (Lipinski definition) is 10. The topological polar surface area (TPSA) is 134 Å². The second kappa shape index (κ2) is 28.8. The van der Waals surface area contributed by atoms with Crippen molar-refractivity contribution in [3.63, 3.8) is 0 Å². The number of aromatic nitrogens is 1. The van der Waals surface area contributed by atoms with Crippen LogP contribution in [0.4, 0.5) is 4.79 Å². The normalized spacial score (nSPS) is 16.4. The molecule has 0 N–H and O–H groups in total. The van der Waals surface area contributed by atoms with E-state index >= 15 is 0 Å². The Hall–Kier alpha value is -4.75. The van der Waals surface area contributed by atoms with E-state index in [0.29, 0.717) is 54.8 Å². The van der Waals surface area contributed by atoms with Crippen molar-refractivity contribution in [1.29, 1.82) is 0 Å². The van der Waals surface area contributed by atoms with E-state index in [1.165, 1.54) is 51.4 Å². The van der Waals surface area contributed by atoms with Crippen LogP contribution in [0.5, 0.6) is 5.75 Å². The van der Waals surface area contributed by atoms with Crippen LogP contribution in [0.2, 0.25) is 0 Å². The van der Waals surface area contributed by atoms with Gasteiger partial charge in [-0.2, -0.15) is 0 Å². The summed E-state index contributed by atoms with van der Waals surface area (Å²) in [6, 6.07) is 12.7. The fourth-order valence-electron chi connectivity index (χ4n) is 9.44. The quantitative estimate of drug-likeness (QED) is 0.0217. The molecule has 1 amide bonds. The van der Waals surface area contributed by atoms with Gasteiger partial charge < -0.3 is 23.8 Å². The van der Waals surface area contributed by atoms with Crippen LogP contribution in [0.3, 0.4) is 0 Å². The van der Waals surface area contributed by atoms with Crippen LogP contribution >= 0.6 is 15.9 Å². The van der Waals surface area contributed by atoms with Gasteiger partial charge in [0.05, 0.1) is 16.0 Å². The van der Waals surface area contributed by atoms with Gasteiger partial charge in [0.2, 0.25) is 5.91 Å². The summed E-state index contributed by atoms with van der Waals surface area (Å²) in [5.41, 5.74) is 4.60. The van der Waals surface area contributed by atoms with Gasteiger partial charge in [0.25, 0.3) is 0 Å². The first kappa shape index (κ1) is 55.2. The zero-order valence-corrected chi connectivity index (χ0v) is 43.8. The van der Waals surface area contributed by atoms with Gasteiger partial charge in [0.15, 0.2) is 0 Å². The Morgan fingerprint density at radius 3 is 2.12 bits per heavy atom. The first-order valence-electron chi connectivity index (χ1n) is 25.9. The van der Waals surface area contributed by atoms with Crippen molar-refractivity contribution in [1.82, 2.24) is 14.4 Å². The number of likely N-dealkylation sites (N-methyl/N-ethyl adjacent to an activating group) is 1. The van der Waals surface area contributed by atoms with Crippen molar-refractivity contribution in [3.8, 4) is 5.75 Å². The molecule has 378 valence electrons. The monoisotopic (exact) mass is 1020 g/mol. The summed E-state index contributed by atoms with van der Waals surface area (Å²) in [5, 5.41) is 0.979. The summed E-state index contributed by atoms with van der Waals surface area (Å²) in [6.45, 7) is 11.9. The molecule has 12 nitrogen and oxygen atoms in total. The molecule has 2 aromatic carbocycles. The van der Waals surface area contributed by atoms with Crippen molar-refractivity contribution < 1.29 is 42.9 Å².